The number of aromatic nitrogens is 4. The highest BCUT2D eigenvalue weighted by Gasteiger charge is 2.29. The lowest BCUT2D eigenvalue weighted by Crippen LogP contribution is -2.39. The topological polar surface area (TPSA) is 101 Å². The van der Waals surface area contributed by atoms with Gasteiger partial charge in [-0.2, -0.15) is 0 Å². The minimum Gasteiger partial charge on any atom is -0.481 e. The van der Waals surface area contributed by atoms with E-state index < -0.39 is 5.97 Å². The molecule has 38 heavy (non-hydrogen) atoms. The molecule has 0 spiro atoms. The first-order valence-electron chi connectivity index (χ1n) is 14.0. The van der Waals surface area contributed by atoms with E-state index in [-0.39, 0.29) is 5.92 Å². The van der Waals surface area contributed by atoms with Crippen LogP contribution in [0.3, 0.4) is 0 Å². The molecule has 2 saturated carbocycles. The van der Waals surface area contributed by atoms with Gasteiger partial charge in [-0.3, -0.25) is 4.79 Å². The van der Waals surface area contributed by atoms with Crippen molar-refractivity contribution in [2.75, 3.05) is 18.0 Å². The van der Waals surface area contributed by atoms with Crippen LogP contribution in [-0.4, -0.2) is 56.5 Å². The fourth-order valence-corrected chi connectivity index (χ4v) is 7.05. The van der Waals surface area contributed by atoms with Crippen LogP contribution < -0.4 is 4.90 Å². The van der Waals surface area contributed by atoms with Crippen molar-refractivity contribution in [1.29, 1.82) is 0 Å². The first-order valence-corrected chi connectivity index (χ1v) is 14.8. The molecule has 6 rings (SSSR count). The van der Waals surface area contributed by atoms with E-state index in [9.17, 15) is 9.90 Å². The molecular formula is C29H35N5O3S. The van der Waals surface area contributed by atoms with Gasteiger partial charge in [-0.1, -0.05) is 48.4 Å². The van der Waals surface area contributed by atoms with Crippen molar-refractivity contribution in [3.05, 3.63) is 41.7 Å². The summed E-state index contributed by atoms with van der Waals surface area (Å²) >= 11 is 1.62. The van der Waals surface area contributed by atoms with Crippen LogP contribution in [0.5, 0.6) is 0 Å². The molecule has 0 bridgehead atoms. The largest absolute Gasteiger partial charge is 0.481 e. The number of nitrogens with zero attached hydrogens (tertiary/aromatic N) is 5. The van der Waals surface area contributed by atoms with E-state index in [1.54, 1.807) is 11.3 Å². The zero-order chi connectivity index (χ0) is 25.9. The SMILES string of the molecule is O=C(O)[C@H]1CC[C@H](c2nnc(-c3ccc(-c4cnc(N5CCC(OC6CCCC6)CC5)nc4)cc3)s2)CC1. The number of carboxylic acids is 1. The molecule has 0 atom stereocenters. The minimum atomic E-state index is -0.675. The minimum absolute atomic E-state index is 0.211. The molecule has 1 aliphatic heterocycles. The monoisotopic (exact) mass is 533 g/mol. The summed E-state index contributed by atoms with van der Waals surface area (Å²) in [7, 11) is 0. The third-order valence-electron chi connectivity index (χ3n) is 8.38. The average molecular weight is 534 g/mol. The van der Waals surface area contributed by atoms with Crippen molar-refractivity contribution in [1.82, 2.24) is 20.2 Å². The maximum atomic E-state index is 11.2. The molecule has 3 heterocycles. The second-order valence-corrected chi connectivity index (χ2v) is 11.9. The van der Waals surface area contributed by atoms with Crippen LogP contribution in [0.1, 0.15) is 75.1 Å². The van der Waals surface area contributed by atoms with Gasteiger partial charge in [0.25, 0.3) is 0 Å². The zero-order valence-corrected chi connectivity index (χ0v) is 22.5. The second kappa shape index (κ2) is 11.5. The predicted molar refractivity (Wildman–Crippen MR) is 147 cm³/mol. The molecule has 3 aliphatic rings. The number of carboxylic acid groups (broad SMARTS) is 1. The molecule has 3 fully saturated rings. The van der Waals surface area contributed by atoms with Gasteiger partial charge in [0.05, 0.1) is 18.1 Å². The summed E-state index contributed by atoms with van der Waals surface area (Å²) in [6.07, 6.45) is 15.0. The highest BCUT2D eigenvalue weighted by molar-refractivity contribution is 7.14. The van der Waals surface area contributed by atoms with Crippen LogP contribution in [0.25, 0.3) is 21.7 Å². The Morgan fingerprint density at radius 2 is 1.45 bits per heavy atom. The Hall–Kier alpha value is -2.91. The summed E-state index contributed by atoms with van der Waals surface area (Å²) < 4.78 is 6.30. The number of benzene rings is 1. The fourth-order valence-electron chi connectivity index (χ4n) is 6.03. The highest BCUT2D eigenvalue weighted by Crippen LogP contribution is 2.39. The van der Waals surface area contributed by atoms with E-state index >= 15 is 0 Å². The third kappa shape index (κ3) is 5.73. The van der Waals surface area contributed by atoms with Crippen molar-refractivity contribution in [3.8, 4) is 21.7 Å². The summed E-state index contributed by atoms with van der Waals surface area (Å²) in [6.45, 7) is 1.88. The van der Waals surface area contributed by atoms with Crippen molar-refractivity contribution in [2.24, 2.45) is 5.92 Å². The van der Waals surface area contributed by atoms with E-state index in [1.807, 2.05) is 12.4 Å². The summed E-state index contributed by atoms with van der Waals surface area (Å²) in [5, 5.41) is 20.0. The van der Waals surface area contributed by atoms with E-state index in [2.05, 4.69) is 49.3 Å². The van der Waals surface area contributed by atoms with E-state index in [1.165, 1.54) is 25.7 Å². The first kappa shape index (κ1) is 25.4. The molecule has 200 valence electrons. The van der Waals surface area contributed by atoms with Crippen molar-refractivity contribution in [3.63, 3.8) is 0 Å². The molecule has 1 N–H and O–H groups in total. The Kier molecular flexibility index (Phi) is 7.65. The smallest absolute Gasteiger partial charge is 0.306 e. The number of carbonyl (C=O) groups is 1. The molecule has 1 aromatic carbocycles. The molecule has 0 radical (unpaired) electrons. The lowest BCUT2D eigenvalue weighted by Gasteiger charge is -2.33. The average Bonchev–Trinajstić information content (AvgIpc) is 3.67. The van der Waals surface area contributed by atoms with Crippen LogP contribution in [0.2, 0.25) is 0 Å². The Morgan fingerprint density at radius 3 is 2.11 bits per heavy atom. The lowest BCUT2D eigenvalue weighted by atomic mass is 9.82. The van der Waals surface area contributed by atoms with Gasteiger partial charge in [0, 0.05) is 42.5 Å². The van der Waals surface area contributed by atoms with Gasteiger partial charge in [-0.05, 0) is 56.9 Å². The maximum absolute atomic E-state index is 11.2. The maximum Gasteiger partial charge on any atom is 0.306 e. The van der Waals surface area contributed by atoms with Gasteiger partial charge >= 0.3 is 5.97 Å². The van der Waals surface area contributed by atoms with E-state index in [0.717, 1.165) is 84.3 Å². The van der Waals surface area contributed by atoms with Gasteiger partial charge in [-0.25, -0.2) is 9.97 Å². The van der Waals surface area contributed by atoms with Gasteiger partial charge in [0.15, 0.2) is 0 Å². The molecule has 1 saturated heterocycles. The summed E-state index contributed by atoms with van der Waals surface area (Å²) in [6, 6.07) is 8.31. The zero-order valence-electron chi connectivity index (χ0n) is 21.7. The van der Waals surface area contributed by atoms with Crippen LogP contribution in [0.15, 0.2) is 36.7 Å². The third-order valence-corrected chi connectivity index (χ3v) is 9.52. The van der Waals surface area contributed by atoms with E-state index in [0.29, 0.717) is 18.1 Å². The molecule has 8 nitrogen and oxygen atoms in total. The van der Waals surface area contributed by atoms with Crippen LogP contribution in [0, 0.1) is 5.92 Å². The number of hydrogen-bond acceptors (Lipinski definition) is 8. The summed E-state index contributed by atoms with van der Waals surface area (Å²) in [5.74, 6) is 0.226. The molecule has 2 aromatic heterocycles. The molecule has 0 unspecified atom stereocenters. The van der Waals surface area contributed by atoms with E-state index in [4.69, 9.17) is 4.74 Å². The Labute approximate surface area is 227 Å². The summed E-state index contributed by atoms with van der Waals surface area (Å²) in [5.41, 5.74) is 3.10. The van der Waals surface area contributed by atoms with Gasteiger partial charge in [-0.15, -0.1) is 10.2 Å². The Morgan fingerprint density at radius 1 is 0.816 bits per heavy atom. The highest BCUT2D eigenvalue weighted by atomic mass is 32.1. The number of ether oxygens (including phenoxy) is 1. The molecule has 3 aromatic rings. The van der Waals surface area contributed by atoms with Gasteiger partial charge < -0.3 is 14.7 Å². The molecular weight excluding hydrogens is 498 g/mol. The standard InChI is InChI=1S/C29H35N5O3S/c35-28(36)22-11-9-21(10-12-22)27-33-32-26(38-27)20-7-5-19(6-8-20)23-17-30-29(31-18-23)34-15-13-25(14-16-34)37-24-3-1-2-4-24/h5-8,17-18,21-22,24-25H,1-4,9-16H2,(H,35,36)/t21-,22-. The quantitative estimate of drug-likeness (QED) is 0.398. The Balaban J connectivity index is 1.04. The normalized spacial score (nSPS) is 23.1. The van der Waals surface area contributed by atoms with Crippen LogP contribution >= 0.6 is 11.3 Å². The van der Waals surface area contributed by atoms with Crippen molar-refractivity contribution >= 4 is 23.3 Å². The Bertz CT molecular complexity index is 1210. The number of rotatable bonds is 7. The van der Waals surface area contributed by atoms with Crippen LogP contribution in [0.4, 0.5) is 5.95 Å². The number of aliphatic carboxylic acids is 1. The van der Waals surface area contributed by atoms with Gasteiger partial charge in [0.1, 0.15) is 10.0 Å². The number of hydrogen-bond donors (Lipinski definition) is 1. The van der Waals surface area contributed by atoms with Crippen LogP contribution in [-0.2, 0) is 9.53 Å². The molecule has 9 heteroatoms. The van der Waals surface area contributed by atoms with Crippen molar-refractivity contribution < 1.29 is 14.6 Å². The lowest BCUT2D eigenvalue weighted by molar-refractivity contribution is -0.142. The second-order valence-electron chi connectivity index (χ2n) is 10.9. The molecule has 0 amide bonds. The van der Waals surface area contributed by atoms with Gasteiger partial charge in [0.2, 0.25) is 5.95 Å². The first-order chi connectivity index (χ1) is 18.6. The molecule has 2 aliphatic carbocycles. The van der Waals surface area contributed by atoms with Crippen molar-refractivity contribution in [2.45, 2.75) is 82.3 Å². The number of piperidine rings is 1. The predicted octanol–water partition coefficient (Wildman–Crippen LogP) is 5.95. The summed E-state index contributed by atoms with van der Waals surface area (Å²) in [4.78, 5) is 22.8. The fraction of sp³-hybridized carbons (Fsp3) is 0.552. The number of anilines is 1.